The normalized spacial score (nSPS) is 12.4. The van der Waals surface area contributed by atoms with Crippen LogP contribution in [-0.2, 0) is 6.54 Å². The molecule has 17 heavy (non-hydrogen) atoms. The standard InChI is InChI=1S/C15H25NO/c1-4-6-11-16-12-14-7-9-15(10-8-14)17-13(3)5-2/h7-10,13,16H,4-6,11-12H2,1-3H3. The van der Waals surface area contributed by atoms with Gasteiger partial charge in [0.1, 0.15) is 5.75 Å². The van der Waals surface area contributed by atoms with Gasteiger partial charge < -0.3 is 10.1 Å². The molecule has 1 aromatic rings. The Morgan fingerprint density at radius 3 is 2.47 bits per heavy atom. The van der Waals surface area contributed by atoms with Gasteiger partial charge in [-0.25, -0.2) is 0 Å². The first-order valence-corrected chi connectivity index (χ1v) is 6.72. The Bertz CT molecular complexity index is 294. The number of unbranched alkanes of at least 4 members (excludes halogenated alkanes) is 1. The lowest BCUT2D eigenvalue weighted by Crippen LogP contribution is -2.14. The molecule has 0 heterocycles. The van der Waals surface area contributed by atoms with E-state index in [4.69, 9.17) is 4.74 Å². The summed E-state index contributed by atoms with van der Waals surface area (Å²) in [7, 11) is 0. The molecule has 1 N–H and O–H groups in total. The molecule has 0 aliphatic rings. The fourth-order valence-electron chi connectivity index (χ4n) is 1.54. The van der Waals surface area contributed by atoms with Crippen molar-refractivity contribution >= 4 is 0 Å². The molecule has 1 aromatic carbocycles. The van der Waals surface area contributed by atoms with Gasteiger partial charge in [0.15, 0.2) is 0 Å². The minimum atomic E-state index is 0.295. The quantitative estimate of drug-likeness (QED) is 0.693. The molecule has 0 spiro atoms. The highest BCUT2D eigenvalue weighted by Gasteiger charge is 2.00. The summed E-state index contributed by atoms with van der Waals surface area (Å²) in [5.41, 5.74) is 1.32. The average Bonchev–Trinajstić information content (AvgIpc) is 2.36. The Balaban J connectivity index is 2.34. The number of benzene rings is 1. The number of hydrogen-bond donors (Lipinski definition) is 1. The van der Waals surface area contributed by atoms with Crippen molar-refractivity contribution in [3.8, 4) is 5.75 Å². The largest absolute Gasteiger partial charge is 0.491 e. The summed E-state index contributed by atoms with van der Waals surface area (Å²) in [5, 5.41) is 3.43. The van der Waals surface area contributed by atoms with E-state index in [0.717, 1.165) is 25.3 Å². The highest BCUT2D eigenvalue weighted by Crippen LogP contribution is 2.14. The molecule has 0 bridgehead atoms. The van der Waals surface area contributed by atoms with Crippen molar-refractivity contribution in [3.05, 3.63) is 29.8 Å². The van der Waals surface area contributed by atoms with Gasteiger partial charge in [-0.15, -0.1) is 0 Å². The number of hydrogen-bond acceptors (Lipinski definition) is 2. The summed E-state index contributed by atoms with van der Waals surface area (Å²) in [6.45, 7) is 8.49. The Morgan fingerprint density at radius 1 is 1.18 bits per heavy atom. The third-order valence-electron chi connectivity index (χ3n) is 2.87. The minimum Gasteiger partial charge on any atom is -0.491 e. The highest BCUT2D eigenvalue weighted by atomic mass is 16.5. The van der Waals surface area contributed by atoms with E-state index >= 15 is 0 Å². The molecule has 0 saturated heterocycles. The number of rotatable bonds is 8. The van der Waals surface area contributed by atoms with Crippen molar-refractivity contribution < 1.29 is 4.74 Å². The minimum absolute atomic E-state index is 0.295. The smallest absolute Gasteiger partial charge is 0.119 e. The first kappa shape index (κ1) is 14.0. The predicted molar refractivity (Wildman–Crippen MR) is 73.4 cm³/mol. The lowest BCUT2D eigenvalue weighted by Gasteiger charge is -2.12. The molecule has 0 aliphatic carbocycles. The second-order valence-corrected chi connectivity index (χ2v) is 4.51. The molecule has 0 amide bonds. The van der Waals surface area contributed by atoms with Gasteiger partial charge in [0, 0.05) is 6.54 Å². The zero-order valence-electron chi connectivity index (χ0n) is 11.3. The number of ether oxygens (including phenoxy) is 1. The lowest BCUT2D eigenvalue weighted by molar-refractivity contribution is 0.217. The summed E-state index contributed by atoms with van der Waals surface area (Å²) in [6, 6.07) is 8.39. The molecule has 0 fully saturated rings. The van der Waals surface area contributed by atoms with E-state index in [1.165, 1.54) is 18.4 Å². The maximum Gasteiger partial charge on any atom is 0.119 e. The van der Waals surface area contributed by atoms with E-state index in [9.17, 15) is 0 Å². The Hall–Kier alpha value is -1.02. The van der Waals surface area contributed by atoms with Crippen LogP contribution in [0.5, 0.6) is 5.75 Å². The second kappa shape index (κ2) is 8.13. The van der Waals surface area contributed by atoms with Crippen LogP contribution in [0.2, 0.25) is 0 Å². The first-order valence-electron chi connectivity index (χ1n) is 6.72. The van der Waals surface area contributed by atoms with Crippen molar-refractivity contribution in [3.63, 3.8) is 0 Å². The summed E-state index contributed by atoms with van der Waals surface area (Å²) < 4.78 is 5.74. The molecule has 2 heteroatoms. The van der Waals surface area contributed by atoms with Crippen LogP contribution >= 0.6 is 0 Å². The van der Waals surface area contributed by atoms with Gasteiger partial charge in [0.2, 0.25) is 0 Å². The molecular formula is C15H25NO. The zero-order valence-corrected chi connectivity index (χ0v) is 11.3. The second-order valence-electron chi connectivity index (χ2n) is 4.51. The van der Waals surface area contributed by atoms with Crippen molar-refractivity contribution in [1.29, 1.82) is 0 Å². The van der Waals surface area contributed by atoms with Crippen LogP contribution < -0.4 is 10.1 Å². The first-order chi connectivity index (χ1) is 8.26. The lowest BCUT2D eigenvalue weighted by atomic mass is 10.2. The third kappa shape index (κ3) is 5.73. The molecule has 0 aliphatic heterocycles. The van der Waals surface area contributed by atoms with Crippen LogP contribution in [0.25, 0.3) is 0 Å². The van der Waals surface area contributed by atoms with E-state index in [1.54, 1.807) is 0 Å². The summed E-state index contributed by atoms with van der Waals surface area (Å²) in [4.78, 5) is 0. The van der Waals surface area contributed by atoms with Gasteiger partial charge in [-0.1, -0.05) is 32.4 Å². The molecule has 96 valence electrons. The molecule has 0 aromatic heterocycles. The Kier molecular flexibility index (Phi) is 6.71. The van der Waals surface area contributed by atoms with Gasteiger partial charge in [-0.3, -0.25) is 0 Å². The van der Waals surface area contributed by atoms with E-state index in [1.807, 2.05) is 0 Å². The van der Waals surface area contributed by atoms with Crippen molar-refractivity contribution in [2.24, 2.45) is 0 Å². The number of nitrogens with one attached hydrogen (secondary N) is 1. The summed E-state index contributed by atoms with van der Waals surface area (Å²) in [5.74, 6) is 0.969. The fourth-order valence-corrected chi connectivity index (χ4v) is 1.54. The van der Waals surface area contributed by atoms with Crippen molar-refractivity contribution in [1.82, 2.24) is 5.32 Å². The van der Waals surface area contributed by atoms with Crippen molar-refractivity contribution in [2.45, 2.75) is 52.7 Å². The van der Waals surface area contributed by atoms with E-state index in [-0.39, 0.29) is 0 Å². The Labute approximate surface area is 105 Å². The highest BCUT2D eigenvalue weighted by molar-refractivity contribution is 5.27. The molecule has 0 radical (unpaired) electrons. The van der Waals surface area contributed by atoms with Gasteiger partial charge in [0.25, 0.3) is 0 Å². The van der Waals surface area contributed by atoms with Crippen LogP contribution in [0.1, 0.15) is 45.6 Å². The Morgan fingerprint density at radius 2 is 1.88 bits per heavy atom. The molecule has 1 unspecified atom stereocenters. The van der Waals surface area contributed by atoms with Gasteiger partial charge in [-0.2, -0.15) is 0 Å². The van der Waals surface area contributed by atoms with Crippen LogP contribution in [0.3, 0.4) is 0 Å². The van der Waals surface area contributed by atoms with E-state index in [0.29, 0.717) is 6.10 Å². The maximum atomic E-state index is 5.74. The van der Waals surface area contributed by atoms with E-state index in [2.05, 4.69) is 50.4 Å². The molecule has 1 atom stereocenters. The molecule has 1 rings (SSSR count). The fraction of sp³-hybridized carbons (Fsp3) is 0.600. The topological polar surface area (TPSA) is 21.3 Å². The van der Waals surface area contributed by atoms with Crippen LogP contribution in [0.4, 0.5) is 0 Å². The summed E-state index contributed by atoms with van der Waals surface area (Å²) in [6.07, 6.45) is 3.83. The zero-order chi connectivity index (χ0) is 12.5. The molecular weight excluding hydrogens is 210 g/mol. The summed E-state index contributed by atoms with van der Waals surface area (Å²) >= 11 is 0. The average molecular weight is 235 g/mol. The maximum absolute atomic E-state index is 5.74. The predicted octanol–water partition coefficient (Wildman–Crippen LogP) is 3.75. The molecule has 2 nitrogen and oxygen atoms in total. The van der Waals surface area contributed by atoms with Crippen LogP contribution in [0.15, 0.2) is 24.3 Å². The molecule has 0 saturated carbocycles. The van der Waals surface area contributed by atoms with Gasteiger partial charge >= 0.3 is 0 Å². The SMILES string of the molecule is CCCCNCc1ccc(OC(C)CC)cc1. The third-order valence-corrected chi connectivity index (χ3v) is 2.87. The van der Waals surface area contributed by atoms with Gasteiger partial charge in [-0.05, 0) is 44.0 Å². The van der Waals surface area contributed by atoms with Crippen LogP contribution in [-0.4, -0.2) is 12.6 Å². The van der Waals surface area contributed by atoms with E-state index < -0.39 is 0 Å². The monoisotopic (exact) mass is 235 g/mol. The van der Waals surface area contributed by atoms with Crippen molar-refractivity contribution in [2.75, 3.05) is 6.54 Å². The van der Waals surface area contributed by atoms with Gasteiger partial charge in [0.05, 0.1) is 6.10 Å². The van der Waals surface area contributed by atoms with Crippen LogP contribution in [0, 0.1) is 0 Å².